The second-order valence-electron chi connectivity index (χ2n) is 4.95. The Labute approximate surface area is 112 Å². The molecule has 0 amide bonds. The topological polar surface area (TPSA) is 30.0 Å². The maximum absolute atomic E-state index is 11.6. The lowest BCUT2D eigenvalue weighted by molar-refractivity contribution is -0.103. The molecule has 1 aliphatic rings. The molecule has 3 rings (SSSR count). The molecule has 0 spiro atoms. The van der Waals surface area contributed by atoms with E-state index in [2.05, 4.69) is 18.0 Å². The zero-order chi connectivity index (χ0) is 13.2. The first kappa shape index (κ1) is 11.8. The van der Waals surface area contributed by atoms with Crippen LogP contribution in [-0.2, 0) is 11.2 Å². The number of aromatic nitrogens is 1. The van der Waals surface area contributed by atoms with Crippen molar-refractivity contribution in [2.45, 2.75) is 13.3 Å². The Balaban J connectivity index is 2.25. The summed E-state index contributed by atoms with van der Waals surface area (Å²) in [6.45, 7) is 2.17. The number of carbonyl (C=O) groups excluding carboxylic acids is 1. The van der Waals surface area contributed by atoms with E-state index in [1.54, 1.807) is 6.20 Å². The van der Waals surface area contributed by atoms with Crippen LogP contribution in [-0.4, -0.2) is 11.3 Å². The van der Waals surface area contributed by atoms with Gasteiger partial charge >= 0.3 is 0 Å². The average Bonchev–Trinajstić information content (AvgIpc) is 2.46. The molecule has 1 unspecified atom stereocenters. The van der Waals surface area contributed by atoms with Gasteiger partial charge in [-0.2, -0.15) is 0 Å². The Morgan fingerprint density at radius 3 is 2.79 bits per heavy atom. The number of benzene rings is 1. The maximum atomic E-state index is 11.6. The molecule has 2 aromatic rings. The van der Waals surface area contributed by atoms with E-state index in [1.807, 2.05) is 36.5 Å². The third-order valence-corrected chi connectivity index (χ3v) is 3.71. The highest BCUT2D eigenvalue weighted by Gasteiger charge is 2.24. The Hall–Kier alpha value is -2.22. The lowest BCUT2D eigenvalue weighted by Gasteiger charge is -2.26. The van der Waals surface area contributed by atoms with Gasteiger partial charge in [0.1, 0.15) is 0 Å². The minimum atomic E-state index is 0.333. The van der Waals surface area contributed by atoms with Crippen LogP contribution in [0.15, 0.2) is 48.8 Å². The third-order valence-electron chi connectivity index (χ3n) is 3.71. The molecule has 2 nitrogen and oxygen atoms in total. The van der Waals surface area contributed by atoms with Gasteiger partial charge in [0.05, 0.1) is 0 Å². The van der Waals surface area contributed by atoms with Crippen molar-refractivity contribution >= 4 is 17.4 Å². The molecule has 1 heterocycles. The van der Waals surface area contributed by atoms with Crippen LogP contribution in [0.25, 0.3) is 11.1 Å². The first-order valence-electron chi connectivity index (χ1n) is 6.49. The Morgan fingerprint density at radius 2 is 2.05 bits per heavy atom. The smallest absolute Gasteiger partial charge is 0.150 e. The highest BCUT2D eigenvalue weighted by atomic mass is 16.1. The molecular formula is C17H15NO. The molecule has 94 valence electrons. The second-order valence-corrected chi connectivity index (χ2v) is 4.95. The Kier molecular flexibility index (Phi) is 3.00. The third kappa shape index (κ3) is 1.99. The van der Waals surface area contributed by atoms with E-state index in [0.29, 0.717) is 5.92 Å². The van der Waals surface area contributed by atoms with Gasteiger partial charge < -0.3 is 0 Å². The summed E-state index contributed by atoms with van der Waals surface area (Å²) < 4.78 is 0. The van der Waals surface area contributed by atoms with E-state index in [9.17, 15) is 4.79 Å². The normalized spacial score (nSPS) is 18.1. The highest BCUT2D eigenvalue weighted by Crippen LogP contribution is 2.38. The summed E-state index contributed by atoms with van der Waals surface area (Å²) in [4.78, 5) is 15.7. The van der Waals surface area contributed by atoms with E-state index in [4.69, 9.17) is 0 Å². The quantitative estimate of drug-likeness (QED) is 0.764. The SMILES string of the molecule is CC1Cc2ccccc2C(C=O)=C1c1cccnc1. The van der Waals surface area contributed by atoms with Crippen LogP contribution in [0.4, 0.5) is 0 Å². The fraction of sp³-hybridized carbons (Fsp3) is 0.176. The van der Waals surface area contributed by atoms with Crippen LogP contribution < -0.4 is 0 Å². The van der Waals surface area contributed by atoms with Gasteiger partial charge in [-0.15, -0.1) is 0 Å². The Morgan fingerprint density at radius 1 is 1.21 bits per heavy atom. The monoisotopic (exact) mass is 249 g/mol. The first-order valence-corrected chi connectivity index (χ1v) is 6.49. The lowest BCUT2D eigenvalue weighted by Crippen LogP contribution is -2.14. The van der Waals surface area contributed by atoms with Crippen LogP contribution in [0.5, 0.6) is 0 Å². The van der Waals surface area contributed by atoms with Gasteiger partial charge in [-0.05, 0) is 40.7 Å². The number of fused-ring (bicyclic) bond motifs is 1. The Bertz CT molecular complexity index is 643. The first-order chi connectivity index (χ1) is 9.31. The summed E-state index contributed by atoms with van der Waals surface area (Å²) in [7, 11) is 0. The summed E-state index contributed by atoms with van der Waals surface area (Å²) in [6, 6.07) is 12.1. The fourth-order valence-corrected chi connectivity index (χ4v) is 2.89. The zero-order valence-electron chi connectivity index (χ0n) is 10.8. The summed E-state index contributed by atoms with van der Waals surface area (Å²) in [5, 5.41) is 0. The molecule has 1 aromatic carbocycles. The molecule has 2 heteroatoms. The number of aldehydes is 1. The molecule has 0 bridgehead atoms. The molecule has 1 aromatic heterocycles. The van der Waals surface area contributed by atoms with E-state index in [0.717, 1.165) is 35.0 Å². The zero-order valence-corrected chi connectivity index (χ0v) is 10.8. The van der Waals surface area contributed by atoms with E-state index < -0.39 is 0 Å². The number of carbonyl (C=O) groups is 1. The average molecular weight is 249 g/mol. The van der Waals surface area contributed by atoms with Gasteiger partial charge in [0.15, 0.2) is 6.29 Å². The minimum Gasteiger partial charge on any atom is -0.298 e. The van der Waals surface area contributed by atoms with Gasteiger partial charge in [0, 0.05) is 18.0 Å². The van der Waals surface area contributed by atoms with Crippen LogP contribution in [0.2, 0.25) is 0 Å². The van der Waals surface area contributed by atoms with Crippen LogP contribution in [0.1, 0.15) is 23.6 Å². The van der Waals surface area contributed by atoms with Crippen LogP contribution in [0, 0.1) is 5.92 Å². The van der Waals surface area contributed by atoms with Crippen molar-refractivity contribution < 1.29 is 4.79 Å². The van der Waals surface area contributed by atoms with Crippen molar-refractivity contribution in [1.82, 2.24) is 4.98 Å². The van der Waals surface area contributed by atoms with Gasteiger partial charge in [0.2, 0.25) is 0 Å². The molecule has 0 fully saturated rings. The number of nitrogens with zero attached hydrogens (tertiary/aromatic N) is 1. The number of allylic oxidation sites excluding steroid dienone is 2. The summed E-state index contributed by atoms with van der Waals surface area (Å²) in [5.41, 5.74) is 5.29. The molecule has 0 aliphatic heterocycles. The van der Waals surface area contributed by atoms with Crippen molar-refractivity contribution in [1.29, 1.82) is 0 Å². The van der Waals surface area contributed by atoms with Crippen molar-refractivity contribution in [2.24, 2.45) is 5.92 Å². The van der Waals surface area contributed by atoms with Crippen molar-refractivity contribution in [3.8, 4) is 0 Å². The fourth-order valence-electron chi connectivity index (χ4n) is 2.89. The largest absolute Gasteiger partial charge is 0.298 e. The molecule has 1 atom stereocenters. The molecule has 1 aliphatic carbocycles. The maximum Gasteiger partial charge on any atom is 0.150 e. The summed E-state index contributed by atoms with van der Waals surface area (Å²) in [6.07, 6.45) is 5.55. The van der Waals surface area contributed by atoms with Crippen molar-refractivity contribution in [3.05, 3.63) is 65.5 Å². The predicted molar refractivity (Wildman–Crippen MR) is 76.4 cm³/mol. The van der Waals surface area contributed by atoms with Crippen LogP contribution in [0.3, 0.4) is 0 Å². The molecule has 0 saturated heterocycles. The summed E-state index contributed by atoms with van der Waals surface area (Å²) in [5.74, 6) is 0.333. The lowest BCUT2D eigenvalue weighted by atomic mass is 9.77. The molecule has 0 N–H and O–H groups in total. The number of hydrogen-bond acceptors (Lipinski definition) is 2. The predicted octanol–water partition coefficient (Wildman–Crippen LogP) is 3.38. The molecule has 0 saturated carbocycles. The minimum absolute atomic E-state index is 0.333. The highest BCUT2D eigenvalue weighted by molar-refractivity contribution is 6.18. The number of rotatable bonds is 2. The van der Waals surface area contributed by atoms with E-state index >= 15 is 0 Å². The standard InChI is InChI=1S/C17H15NO/c1-12-9-13-5-2-3-7-15(13)16(11-19)17(12)14-6-4-8-18-10-14/h2-8,10-12H,9H2,1H3. The number of hydrogen-bond donors (Lipinski definition) is 0. The van der Waals surface area contributed by atoms with E-state index in [1.165, 1.54) is 5.56 Å². The molecule has 19 heavy (non-hydrogen) atoms. The van der Waals surface area contributed by atoms with Crippen molar-refractivity contribution in [3.63, 3.8) is 0 Å². The van der Waals surface area contributed by atoms with Crippen molar-refractivity contribution in [2.75, 3.05) is 0 Å². The van der Waals surface area contributed by atoms with Gasteiger partial charge in [-0.3, -0.25) is 9.78 Å². The van der Waals surface area contributed by atoms with Gasteiger partial charge in [0.25, 0.3) is 0 Å². The van der Waals surface area contributed by atoms with Gasteiger partial charge in [-0.1, -0.05) is 37.3 Å². The summed E-state index contributed by atoms with van der Waals surface area (Å²) >= 11 is 0. The van der Waals surface area contributed by atoms with Gasteiger partial charge in [-0.25, -0.2) is 0 Å². The number of pyridine rings is 1. The van der Waals surface area contributed by atoms with Crippen LogP contribution >= 0.6 is 0 Å². The molecule has 0 radical (unpaired) electrons. The second kappa shape index (κ2) is 4.81. The molecular weight excluding hydrogens is 234 g/mol. The van der Waals surface area contributed by atoms with E-state index in [-0.39, 0.29) is 0 Å².